The summed E-state index contributed by atoms with van der Waals surface area (Å²) in [6, 6.07) is 7.80. The Hall–Kier alpha value is -1.96. The third-order valence-corrected chi connectivity index (χ3v) is 5.45. The van der Waals surface area contributed by atoms with Crippen molar-refractivity contribution in [2.24, 2.45) is 0 Å². The molecule has 3 atom stereocenters. The van der Waals surface area contributed by atoms with Gasteiger partial charge in [0.2, 0.25) is 5.78 Å². The molecular weight excluding hydrogens is 362 g/mol. The molecule has 4 rings (SSSR count). The van der Waals surface area contributed by atoms with Crippen LogP contribution in [0.2, 0.25) is 0 Å². The number of amides is 1. The predicted octanol–water partition coefficient (Wildman–Crippen LogP) is 3.19. The van der Waals surface area contributed by atoms with Gasteiger partial charge in [-0.3, -0.25) is 9.69 Å². The van der Waals surface area contributed by atoms with Gasteiger partial charge in [0.25, 0.3) is 5.79 Å². The van der Waals surface area contributed by atoms with Crippen molar-refractivity contribution in [3.8, 4) is 0 Å². The Morgan fingerprint density at radius 2 is 1.86 bits per heavy atom. The van der Waals surface area contributed by atoms with E-state index in [4.69, 9.17) is 18.9 Å². The Morgan fingerprint density at radius 1 is 1.11 bits per heavy atom. The standard InChI is InChI=1S/C21H27NO6/c1-4-5-6-7-14-8-10-15(11-9-14)22-13-21(28-19(22)24)18(23)17-16(12-25-21)26-20(2,3)27-17/h8-11,16-17H,4-7,12-13H2,1-3H3/t16-,17-,21+/m1/s1. The maximum atomic E-state index is 13.0. The summed E-state index contributed by atoms with van der Waals surface area (Å²) in [6.07, 6.45) is 2.67. The van der Waals surface area contributed by atoms with Crippen LogP contribution in [-0.2, 0) is 30.2 Å². The molecule has 3 aliphatic heterocycles. The zero-order valence-corrected chi connectivity index (χ0v) is 16.6. The van der Waals surface area contributed by atoms with Crippen molar-refractivity contribution in [2.75, 3.05) is 18.1 Å². The molecule has 1 aromatic rings. The first-order valence-corrected chi connectivity index (χ1v) is 9.97. The Balaban J connectivity index is 1.47. The fourth-order valence-corrected chi connectivity index (χ4v) is 4.01. The van der Waals surface area contributed by atoms with E-state index < -0.39 is 35.7 Å². The summed E-state index contributed by atoms with van der Waals surface area (Å²) in [5, 5.41) is 0. The average Bonchev–Trinajstić information content (AvgIpc) is 3.16. The summed E-state index contributed by atoms with van der Waals surface area (Å²) in [5.41, 5.74) is 1.91. The maximum Gasteiger partial charge on any atom is 0.417 e. The first kappa shape index (κ1) is 19.4. The van der Waals surface area contributed by atoms with Gasteiger partial charge in [-0.1, -0.05) is 31.9 Å². The molecule has 7 heteroatoms. The van der Waals surface area contributed by atoms with Crippen LogP contribution in [0, 0.1) is 0 Å². The summed E-state index contributed by atoms with van der Waals surface area (Å²) in [7, 11) is 0. The van der Waals surface area contributed by atoms with Crippen LogP contribution in [0.15, 0.2) is 24.3 Å². The Morgan fingerprint density at radius 3 is 2.57 bits per heavy atom. The molecule has 3 fully saturated rings. The normalized spacial score (nSPS) is 31.3. The van der Waals surface area contributed by atoms with Gasteiger partial charge in [0, 0.05) is 5.69 Å². The van der Waals surface area contributed by atoms with Crippen LogP contribution in [-0.4, -0.2) is 48.8 Å². The number of carbonyl (C=O) groups is 2. The molecule has 0 N–H and O–H groups in total. The molecule has 1 aromatic carbocycles. The number of benzene rings is 1. The molecule has 28 heavy (non-hydrogen) atoms. The average molecular weight is 389 g/mol. The SMILES string of the molecule is CCCCCc1ccc(N2C[C@]3(OC[C@H]4OC(C)(C)O[C@H]4C3=O)OC2=O)cc1. The highest BCUT2D eigenvalue weighted by Gasteiger charge is 2.63. The molecule has 3 saturated heterocycles. The summed E-state index contributed by atoms with van der Waals surface area (Å²) >= 11 is 0. The van der Waals surface area contributed by atoms with Gasteiger partial charge in [-0.05, 0) is 44.4 Å². The van der Waals surface area contributed by atoms with Crippen molar-refractivity contribution >= 4 is 17.6 Å². The van der Waals surface area contributed by atoms with E-state index in [2.05, 4.69) is 6.92 Å². The summed E-state index contributed by atoms with van der Waals surface area (Å²) < 4.78 is 22.6. The third kappa shape index (κ3) is 3.43. The lowest BCUT2D eigenvalue weighted by molar-refractivity contribution is -0.218. The van der Waals surface area contributed by atoms with Crippen LogP contribution in [0.25, 0.3) is 0 Å². The topological polar surface area (TPSA) is 74.3 Å². The number of nitrogens with zero attached hydrogens (tertiary/aromatic N) is 1. The van der Waals surface area contributed by atoms with Crippen molar-refractivity contribution in [3.05, 3.63) is 29.8 Å². The third-order valence-electron chi connectivity index (χ3n) is 5.45. The van der Waals surface area contributed by atoms with Gasteiger partial charge >= 0.3 is 6.09 Å². The molecule has 3 heterocycles. The second-order valence-electron chi connectivity index (χ2n) is 8.10. The van der Waals surface area contributed by atoms with Crippen LogP contribution < -0.4 is 4.90 Å². The number of hydrogen-bond donors (Lipinski definition) is 0. The van der Waals surface area contributed by atoms with Crippen LogP contribution >= 0.6 is 0 Å². The fourth-order valence-electron chi connectivity index (χ4n) is 4.01. The first-order chi connectivity index (χ1) is 13.3. The molecule has 7 nitrogen and oxygen atoms in total. The number of ketones is 1. The van der Waals surface area contributed by atoms with Gasteiger partial charge in [-0.25, -0.2) is 4.79 Å². The van der Waals surface area contributed by atoms with Gasteiger partial charge < -0.3 is 18.9 Å². The zero-order chi connectivity index (χ0) is 19.9. The number of aryl methyl sites for hydroxylation is 1. The zero-order valence-electron chi connectivity index (χ0n) is 16.6. The van der Waals surface area contributed by atoms with E-state index in [1.165, 1.54) is 23.3 Å². The Bertz CT molecular complexity index is 761. The fraction of sp³-hybridized carbons (Fsp3) is 0.619. The van der Waals surface area contributed by atoms with Gasteiger partial charge in [0.15, 0.2) is 11.9 Å². The summed E-state index contributed by atoms with van der Waals surface area (Å²) in [4.78, 5) is 27.0. The predicted molar refractivity (Wildman–Crippen MR) is 101 cm³/mol. The van der Waals surface area contributed by atoms with E-state index >= 15 is 0 Å². The molecule has 152 valence electrons. The van der Waals surface area contributed by atoms with E-state index in [1.54, 1.807) is 13.8 Å². The minimum Gasteiger partial charge on any atom is -0.407 e. The monoisotopic (exact) mass is 389 g/mol. The van der Waals surface area contributed by atoms with Crippen molar-refractivity contribution in [3.63, 3.8) is 0 Å². The van der Waals surface area contributed by atoms with Crippen LogP contribution in [0.3, 0.4) is 0 Å². The van der Waals surface area contributed by atoms with Crippen molar-refractivity contribution in [2.45, 2.75) is 70.2 Å². The van der Waals surface area contributed by atoms with Crippen molar-refractivity contribution in [1.82, 2.24) is 0 Å². The lowest BCUT2D eigenvalue weighted by atomic mass is 9.98. The van der Waals surface area contributed by atoms with E-state index in [-0.39, 0.29) is 13.2 Å². The molecule has 3 aliphatic rings. The smallest absolute Gasteiger partial charge is 0.407 e. The number of anilines is 1. The highest BCUT2D eigenvalue weighted by molar-refractivity contribution is 6.00. The summed E-state index contributed by atoms with van der Waals surface area (Å²) in [5.74, 6) is -2.90. The highest BCUT2D eigenvalue weighted by atomic mass is 16.8. The number of ether oxygens (including phenoxy) is 4. The number of unbranched alkanes of at least 4 members (excludes halogenated alkanes) is 2. The van der Waals surface area contributed by atoms with Gasteiger partial charge in [0.1, 0.15) is 12.6 Å². The Labute approximate surface area is 164 Å². The molecule has 0 unspecified atom stereocenters. The minimum atomic E-state index is -1.64. The van der Waals surface area contributed by atoms with E-state index in [1.807, 2.05) is 24.3 Å². The molecule has 0 bridgehead atoms. The first-order valence-electron chi connectivity index (χ1n) is 9.97. The molecule has 1 spiro atoms. The van der Waals surface area contributed by atoms with Crippen LogP contribution in [0.5, 0.6) is 0 Å². The largest absolute Gasteiger partial charge is 0.417 e. The number of hydrogen-bond acceptors (Lipinski definition) is 6. The summed E-state index contributed by atoms with van der Waals surface area (Å²) in [6.45, 7) is 5.82. The van der Waals surface area contributed by atoms with E-state index in [0.29, 0.717) is 5.69 Å². The lowest BCUT2D eigenvalue weighted by Crippen LogP contribution is -2.59. The number of fused-ring (bicyclic) bond motifs is 1. The van der Waals surface area contributed by atoms with Gasteiger partial charge in [-0.2, -0.15) is 0 Å². The Kier molecular flexibility index (Phi) is 4.93. The van der Waals surface area contributed by atoms with E-state index in [0.717, 1.165) is 12.8 Å². The van der Waals surface area contributed by atoms with Crippen molar-refractivity contribution < 1.29 is 28.5 Å². The molecule has 0 saturated carbocycles. The van der Waals surface area contributed by atoms with Crippen LogP contribution in [0.1, 0.15) is 45.6 Å². The molecule has 0 radical (unpaired) electrons. The maximum absolute atomic E-state index is 13.0. The quantitative estimate of drug-likeness (QED) is 0.720. The number of carbonyl (C=O) groups excluding carboxylic acids is 2. The van der Waals surface area contributed by atoms with Crippen LogP contribution in [0.4, 0.5) is 10.5 Å². The van der Waals surface area contributed by atoms with Gasteiger partial charge in [-0.15, -0.1) is 0 Å². The van der Waals surface area contributed by atoms with Gasteiger partial charge in [0.05, 0.1) is 6.61 Å². The molecular formula is C21H27NO6. The van der Waals surface area contributed by atoms with Crippen molar-refractivity contribution in [1.29, 1.82) is 0 Å². The molecule has 1 amide bonds. The molecule has 0 aromatic heterocycles. The highest BCUT2D eigenvalue weighted by Crippen LogP contribution is 2.40. The minimum absolute atomic E-state index is 0.00680. The lowest BCUT2D eigenvalue weighted by Gasteiger charge is -2.34. The van der Waals surface area contributed by atoms with E-state index in [9.17, 15) is 9.59 Å². The second kappa shape index (κ2) is 7.13. The number of Topliss-reactive ketones (excluding diaryl/α,β-unsaturated/α-hetero) is 1. The second-order valence-corrected chi connectivity index (χ2v) is 8.10. The molecule has 0 aliphatic carbocycles. The number of rotatable bonds is 5.